The molecule has 0 aromatic heterocycles. The predicted molar refractivity (Wildman–Crippen MR) is 65.7 cm³/mol. The number of piperidine rings is 1. The van der Waals surface area contributed by atoms with Crippen LogP contribution in [-0.4, -0.2) is 34.9 Å². The summed E-state index contributed by atoms with van der Waals surface area (Å²) in [6, 6.07) is -0.0387. The Morgan fingerprint density at radius 2 is 2.24 bits per heavy atom. The summed E-state index contributed by atoms with van der Waals surface area (Å²) in [5.74, 6) is 0.437. The normalized spacial score (nSPS) is 31.5. The lowest BCUT2D eigenvalue weighted by molar-refractivity contribution is -0.127. The molecule has 1 aliphatic carbocycles. The van der Waals surface area contributed by atoms with E-state index in [1.54, 1.807) is 17.1 Å². The smallest absolute Gasteiger partial charge is 0.210 e. The highest BCUT2D eigenvalue weighted by Gasteiger charge is 2.53. The molecule has 1 aliphatic heterocycles. The topological polar surface area (TPSA) is 49.7 Å². The first-order chi connectivity index (χ1) is 8.22. The molecule has 0 aromatic carbocycles. The van der Waals surface area contributed by atoms with Gasteiger partial charge < -0.3 is 4.90 Å². The van der Waals surface area contributed by atoms with Crippen molar-refractivity contribution in [2.75, 3.05) is 0 Å². The van der Waals surface area contributed by atoms with Crippen LogP contribution in [0.25, 0.3) is 0 Å². The van der Waals surface area contributed by atoms with Crippen LogP contribution in [0.2, 0.25) is 0 Å². The Morgan fingerprint density at radius 3 is 2.82 bits per heavy atom. The van der Waals surface area contributed by atoms with Gasteiger partial charge in [0.1, 0.15) is 5.71 Å². The minimum atomic E-state index is -0.328. The molecule has 0 unspecified atom stereocenters. The van der Waals surface area contributed by atoms with Crippen molar-refractivity contribution in [3.8, 4) is 0 Å². The molecule has 1 saturated carbocycles. The lowest BCUT2D eigenvalue weighted by Crippen LogP contribution is -2.40. The van der Waals surface area contributed by atoms with Gasteiger partial charge in [-0.2, -0.15) is 0 Å². The third-order valence-electron chi connectivity index (χ3n) is 3.39. The number of carbonyl (C=O) groups excluding carboxylic acids is 2. The summed E-state index contributed by atoms with van der Waals surface area (Å²) in [5, 5.41) is 0. The fraction of sp³-hybridized carbons (Fsp3) is 0.462. The van der Waals surface area contributed by atoms with Gasteiger partial charge in [-0.1, -0.05) is 12.7 Å². The van der Waals surface area contributed by atoms with Crippen molar-refractivity contribution in [3.63, 3.8) is 0 Å². The van der Waals surface area contributed by atoms with Gasteiger partial charge >= 0.3 is 0 Å². The fourth-order valence-corrected chi connectivity index (χ4v) is 2.50. The number of nitrogens with zero attached hydrogens (tertiary/aromatic N) is 2. The number of ketones is 1. The lowest BCUT2D eigenvalue weighted by atomic mass is 10.0. The van der Waals surface area contributed by atoms with Crippen LogP contribution in [-0.2, 0) is 9.59 Å². The fourth-order valence-electron chi connectivity index (χ4n) is 2.50. The molecule has 4 heteroatoms. The largest absolute Gasteiger partial charge is 0.331 e. The van der Waals surface area contributed by atoms with E-state index in [1.807, 2.05) is 6.92 Å². The number of fused-ring (bicyclic) bond motifs is 1. The quantitative estimate of drug-likeness (QED) is 0.530. The van der Waals surface area contributed by atoms with Gasteiger partial charge in [-0.15, -0.1) is 0 Å². The molecule has 4 nitrogen and oxygen atoms in total. The Balaban J connectivity index is 2.16. The summed E-state index contributed by atoms with van der Waals surface area (Å²) < 4.78 is 0. The highest BCUT2D eigenvalue weighted by atomic mass is 16.2. The van der Waals surface area contributed by atoms with Crippen LogP contribution in [0.3, 0.4) is 0 Å². The number of Topliss-reactive ketones (excluding diaryl/α,β-unsaturated/α-hetero) is 1. The van der Waals surface area contributed by atoms with Gasteiger partial charge in [0.25, 0.3) is 0 Å². The van der Waals surface area contributed by atoms with Crippen molar-refractivity contribution >= 4 is 17.9 Å². The monoisotopic (exact) mass is 232 g/mol. The van der Waals surface area contributed by atoms with Gasteiger partial charge in [0, 0.05) is 12.2 Å². The molecule has 0 radical (unpaired) electrons. The van der Waals surface area contributed by atoms with E-state index < -0.39 is 0 Å². The molecular weight excluding hydrogens is 216 g/mol. The number of allylic oxidation sites excluding steroid dienone is 2. The first-order valence-electron chi connectivity index (χ1n) is 5.81. The summed E-state index contributed by atoms with van der Waals surface area (Å²) in [6.07, 6.45) is 7.39. The van der Waals surface area contributed by atoms with E-state index in [-0.39, 0.29) is 17.9 Å². The molecule has 90 valence electrons. The number of aliphatic imine (C=N–C) groups is 1. The molecule has 0 N–H and O–H groups in total. The average Bonchev–Trinajstić information content (AvgIpc) is 3.00. The van der Waals surface area contributed by atoms with E-state index in [0.717, 1.165) is 19.3 Å². The van der Waals surface area contributed by atoms with Crippen molar-refractivity contribution in [1.82, 2.24) is 4.90 Å². The second-order valence-corrected chi connectivity index (χ2v) is 4.43. The zero-order valence-electron chi connectivity index (χ0n) is 9.87. The van der Waals surface area contributed by atoms with Crippen LogP contribution in [0.4, 0.5) is 0 Å². The number of hydrogen-bond donors (Lipinski definition) is 0. The molecule has 1 heterocycles. The van der Waals surface area contributed by atoms with Crippen molar-refractivity contribution in [1.29, 1.82) is 0 Å². The van der Waals surface area contributed by atoms with Gasteiger partial charge in [-0.05, 0) is 31.8 Å². The van der Waals surface area contributed by atoms with E-state index >= 15 is 0 Å². The zero-order chi connectivity index (χ0) is 12.4. The summed E-state index contributed by atoms with van der Waals surface area (Å²) in [7, 11) is 0. The Morgan fingerprint density at radius 1 is 1.47 bits per heavy atom. The highest BCUT2D eigenvalue weighted by molar-refractivity contribution is 6.46. The Bertz CT molecular complexity index is 412. The van der Waals surface area contributed by atoms with Gasteiger partial charge in [0.15, 0.2) is 0 Å². The van der Waals surface area contributed by atoms with Crippen molar-refractivity contribution in [2.24, 2.45) is 10.9 Å². The molecule has 2 fully saturated rings. The molecule has 3 atom stereocenters. The van der Waals surface area contributed by atoms with Crippen molar-refractivity contribution < 1.29 is 9.59 Å². The Labute approximate surface area is 101 Å². The van der Waals surface area contributed by atoms with Crippen LogP contribution in [0.15, 0.2) is 29.9 Å². The standard InChI is InChI=1S/C13H16N2O2/c1-3-5-10(14-4-2)13(17)12-7-9-6-11(9)15(12)8-16/h3-5,8-9,11-12H,2,6-7H2,1H3/b5-3-,14-10?/t9-,11-,12+/m1/s1. The highest BCUT2D eigenvalue weighted by Crippen LogP contribution is 2.47. The summed E-state index contributed by atoms with van der Waals surface area (Å²) in [6.45, 7) is 5.33. The molecule has 2 rings (SSSR count). The van der Waals surface area contributed by atoms with Crippen LogP contribution in [0.5, 0.6) is 0 Å². The van der Waals surface area contributed by atoms with Crippen LogP contribution in [0.1, 0.15) is 19.8 Å². The Hall–Kier alpha value is -1.71. The van der Waals surface area contributed by atoms with E-state index in [1.165, 1.54) is 6.20 Å². The van der Waals surface area contributed by atoms with E-state index in [9.17, 15) is 9.59 Å². The van der Waals surface area contributed by atoms with E-state index in [2.05, 4.69) is 11.6 Å². The number of likely N-dealkylation sites (tertiary alicyclic amines) is 1. The number of carbonyl (C=O) groups is 2. The van der Waals surface area contributed by atoms with E-state index in [4.69, 9.17) is 0 Å². The second-order valence-electron chi connectivity index (χ2n) is 4.43. The maximum absolute atomic E-state index is 12.2. The van der Waals surface area contributed by atoms with Gasteiger partial charge in [-0.25, -0.2) is 0 Å². The summed E-state index contributed by atoms with van der Waals surface area (Å²) in [5.41, 5.74) is 0.376. The number of hydrogen-bond acceptors (Lipinski definition) is 3. The molecule has 0 aromatic rings. The summed E-state index contributed by atoms with van der Waals surface area (Å²) >= 11 is 0. The number of amides is 1. The molecule has 2 aliphatic rings. The second kappa shape index (κ2) is 4.65. The maximum Gasteiger partial charge on any atom is 0.210 e. The van der Waals surface area contributed by atoms with Gasteiger partial charge in [-0.3, -0.25) is 14.6 Å². The first-order valence-corrected chi connectivity index (χ1v) is 5.81. The SMILES string of the molecule is C=CN=C(/C=C\C)C(=O)[C@@H]1C[C@H]2C[C@H]2N1C=O. The van der Waals surface area contributed by atoms with E-state index in [0.29, 0.717) is 11.6 Å². The minimum Gasteiger partial charge on any atom is -0.331 e. The van der Waals surface area contributed by atoms with Crippen molar-refractivity contribution in [3.05, 3.63) is 24.9 Å². The van der Waals surface area contributed by atoms with Crippen LogP contribution >= 0.6 is 0 Å². The average molecular weight is 232 g/mol. The molecule has 17 heavy (non-hydrogen) atoms. The Kier molecular flexibility index (Phi) is 3.22. The molecular formula is C13H16N2O2. The van der Waals surface area contributed by atoms with Crippen LogP contribution in [0, 0.1) is 5.92 Å². The molecule has 1 saturated heterocycles. The van der Waals surface area contributed by atoms with Crippen molar-refractivity contribution in [2.45, 2.75) is 31.8 Å². The molecule has 0 bridgehead atoms. The number of rotatable bonds is 5. The maximum atomic E-state index is 12.2. The molecule has 1 amide bonds. The lowest BCUT2D eigenvalue weighted by Gasteiger charge is -2.21. The third kappa shape index (κ3) is 2.07. The zero-order valence-corrected chi connectivity index (χ0v) is 9.87. The minimum absolute atomic E-state index is 0.0812. The molecule has 0 spiro atoms. The van der Waals surface area contributed by atoms with Gasteiger partial charge in [0.2, 0.25) is 12.2 Å². The first kappa shape index (κ1) is 11.8. The van der Waals surface area contributed by atoms with Gasteiger partial charge in [0.05, 0.1) is 6.04 Å². The predicted octanol–water partition coefficient (Wildman–Crippen LogP) is 1.34. The summed E-state index contributed by atoms with van der Waals surface area (Å²) in [4.78, 5) is 28.8. The third-order valence-corrected chi connectivity index (χ3v) is 3.39. The van der Waals surface area contributed by atoms with Crippen LogP contribution < -0.4 is 0 Å².